The molecule has 0 bridgehead atoms. The van der Waals surface area contributed by atoms with Crippen LogP contribution in [0.1, 0.15) is 36.3 Å². The number of likely N-dealkylation sites (tertiary alicyclic amines) is 1. The number of nitrogens with one attached hydrogen (secondary N) is 2. The summed E-state index contributed by atoms with van der Waals surface area (Å²) in [5.74, 6) is 0.773. The van der Waals surface area contributed by atoms with Crippen molar-refractivity contribution in [2.45, 2.75) is 31.1 Å². The molecule has 32 heavy (non-hydrogen) atoms. The molecule has 1 saturated heterocycles. The predicted molar refractivity (Wildman–Crippen MR) is 123 cm³/mol. The average Bonchev–Trinajstić information content (AvgIpc) is 3.48. The summed E-state index contributed by atoms with van der Waals surface area (Å²) in [5.41, 5.74) is 2.18. The molecule has 1 amide bonds. The third kappa shape index (κ3) is 5.43. The second-order valence-electron chi connectivity index (χ2n) is 7.27. The van der Waals surface area contributed by atoms with Crippen molar-refractivity contribution in [3.63, 3.8) is 0 Å². The highest BCUT2D eigenvalue weighted by atomic mass is 35.5. The number of benzene rings is 1. The fraction of sp³-hybridized carbons (Fsp3) is 0.381. The molecular weight excluding hydrogens is 452 g/mol. The summed E-state index contributed by atoms with van der Waals surface area (Å²) in [7, 11) is 1.89. The largest absolute Gasteiger partial charge is 0.483 e. The van der Waals surface area contributed by atoms with Crippen LogP contribution in [0, 0.1) is 0 Å². The van der Waals surface area contributed by atoms with Crippen LogP contribution in [0.25, 0.3) is 0 Å². The number of piperidine rings is 1. The summed E-state index contributed by atoms with van der Waals surface area (Å²) in [4.78, 5) is 31.9. The van der Waals surface area contributed by atoms with E-state index in [2.05, 4.69) is 50.1 Å². The maximum atomic E-state index is 12.7. The van der Waals surface area contributed by atoms with E-state index in [9.17, 15) is 4.79 Å². The molecule has 1 aliphatic rings. The number of hydrogen-bond donors (Lipinski definition) is 3. The van der Waals surface area contributed by atoms with Crippen molar-refractivity contribution in [3.05, 3.63) is 58.1 Å². The number of thiazole rings is 1. The van der Waals surface area contributed by atoms with Crippen LogP contribution in [0.4, 0.5) is 5.13 Å². The van der Waals surface area contributed by atoms with Gasteiger partial charge in [-0.15, -0.1) is 16.4 Å². The van der Waals surface area contributed by atoms with Crippen LogP contribution in [0.5, 0.6) is 0 Å². The number of carbonyl (C=O) groups is 2. The van der Waals surface area contributed by atoms with E-state index in [1.54, 1.807) is 11.3 Å². The van der Waals surface area contributed by atoms with Crippen molar-refractivity contribution >= 4 is 40.4 Å². The van der Waals surface area contributed by atoms with Crippen LogP contribution in [-0.4, -0.2) is 62.7 Å². The van der Waals surface area contributed by atoms with Gasteiger partial charge in [-0.3, -0.25) is 14.7 Å². The molecule has 1 aromatic carbocycles. The average molecular weight is 477 g/mol. The number of hydrogen-bond acceptors (Lipinski definition) is 7. The van der Waals surface area contributed by atoms with Gasteiger partial charge < -0.3 is 15.3 Å². The fourth-order valence-electron chi connectivity index (χ4n) is 3.96. The van der Waals surface area contributed by atoms with Gasteiger partial charge in [0.2, 0.25) is 11.2 Å². The second kappa shape index (κ2) is 11.1. The molecule has 0 aliphatic carbocycles. The van der Waals surface area contributed by atoms with Gasteiger partial charge in [-0.1, -0.05) is 30.3 Å². The molecular formula is C21H25ClN6O3S. The highest BCUT2D eigenvalue weighted by Crippen LogP contribution is 2.42. The Labute approximate surface area is 194 Å². The van der Waals surface area contributed by atoms with Gasteiger partial charge in [0.05, 0.1) is 5.69 Å². The van der Waals surface area contributed by atoms with Crippen LogP contribution in [0.3, 0.4) is 0 Å². The number of amides is 1. The Morgan fingerprint density at radius 2 is 2.00 bits per heavy atom. The summed E-state index contributed by atoms with van der Waals surface area (Å²) in [6.07, 6.45) is 2.61. The SMILES string of the molecule is CNc1nc(C2(c3ccccc3)CCN(C(=O)CCc3nc(Cl)n[nH]3)CC2)cs1.O=CO. The van der Waals surface area contributed by atoms with Gasteiger partial charge in [-0.05, 0) is 30.0 Å². The van der Waals surface area contributed by atoms with Crippen molar-refractivity contribution in [2.75, 3.05) is 25.5 Å². The van der Waals surface area contributed by atoms with Crippen LogP contribution in [0.2, 0.25) is 5.28 Å². The maximum absolute atomic E-state index is 12.7. The van der Waals surface area contributed by atoms with Crippen molar-refractivity contribution < 1.29 is 14.7 Å². The molecule has 3 N–H and O–H groups in total. The van der Waals surface area contributed by atoms with E-state index in [4.69, 9.17) is 26.5 Å². The molecule has 0 saturated carbocycles. The Morgan fingerprint density at radius 1 is 1.31 bits per heavy atom. The van der Waals surface area contributed by atoms with Gasteiger partial charge in [0.25, 0.3) is 6.47 Å². The van der Waals surface area contributed by atoms with Crippen LogP contribution in [-0.2, 0) is 21.4 Å². The lowest BCUT2D eigenvalue weighted by atomic mass is 9.70. The highest BCUT2D eigenvalue weighted by Gasteiger charge is 2.40. The number of carboxylic acid groups (broad SMARTS) is 1. The van der Waals surface area contributed by atoms with E-state index in [1.807, 2.05) is 18.0 Å². The molecule has 170 valence electrons. The minimum Gasteiger partial charge on any atom is -0.483 e. The number of aryl methyl sites for hydroxylation is 1. The smallest absolute Gasteiger partial charge is 0.290 e. The van der Waals surface area contributed by atoms with Crippen molar-refractivity contribution in [3.8, 4) is 0 Å². The van der Waals surface area contributed by atoms with E-state index in [1.165, 1.54) is 5.56 Å². The quantitative estimate of drug-likeness (QED) is 0.466. The molecule has 9 nitrogen and oxygen atoms in total. The number of rotatable bonds is 6. The maximum Gasteiger partial charge on any atom is 0.290 e. The zero-order valence-corrected chi connectivity index (χ0v) is 19.2. The first-order valence-electron chi connectivity index (χ1n) is 10.1. The Hall–Kier alpha value is -2.98. The van der Waals surface area contributed by atoms with Crippen LogP contribution >= 0.6 is 22.9 Å². The summed E-state index contributed by atoms with van der Waals surface area (Å²) >= 11 is 7.35. The van der Waals surface area contributed by atoms with Crippen LogP contribution < -0.4 is 5.32 Å². The number of anilines is 1. The van der Waals surface area contributed by atoms with Crippen molar-refractivity contribution in [1.82, 2.24) is 25.1 Å². The molecule has 1 aliphatic heterocycles. The fourth-order valence-corrected chi connectivity index (χ4v) is 4.88. The Bertz CT molecular complexity index is 1020. The Kier molecular flexibility index (Phi) is 8.18. The number of H-pyrrole nitrogens is 1. The first kappa shape index (κ1) is 23.7. The molecule has 0 unspecified atom stereocenters. The number of aromatic amines is 1. The second-order valence-corrected chi connectivity index (χ2v) is 8.47. The van der Waals surface area contributed by atoms with E-state index >= 15 is 0 Å². The van der Waals surface area contributed by atoms with Crippen LogP contribution in [0.15, 0.2) is 35.7 Å². The molecule has 4 rings (SSSR count). The molecule has 3 heterocycles. The molecule has 0 radical (unpaired) electrons. The first-order chi connectivity index (χ1) is 15.5. The Morgan fingerprint density at radius 3 is 2.56 bits per heavy atom. The molecule has 2 aromatic heterocycles. The number of carbonyl (C=O) groups excluding carboxylic acids is 1. The summed E-state index contributed by atoms with van der Waals surface area (Å²) in [6, 6.07) is 10.5. The molecule has 1 fully saturated rings. The molecule has 0 spiro atoms. The van der Waals surface area contributed by atoms with E-state index in [0.717, 1.165) is 23.7 Å². The van der Waals surface area contributed by atoms with E-state index in [-0.39, 0.29) is 23.1 Å². The summed E-state index contributed by atoms with van der Waals surface area (Å²) < 4.78 is 0. The molecule has 0 atom stereocenters. The monoisotopic (exact) mass is 476 g/mol. The van der Waals surface area contributed by atoms with Gasteiger partial charge in [-0.2, -0.15) is 0 Å². The Balaban J connectivity index is 0.000000913. The van der Waals surface area contributed by atoms with E-state index in [0.29, 0.717) is 31.8 Å². The third-order valence-corrected chi connectivity index (χ3v) is 6.61. The number of nitrogens with zero attached hydrogens (tertiary/aromatic N) is 4. The lowest BCUT2D eigenvalue weighted by Crippen LogP contribution is -2.46. The summed E-state index contributed by atoms with van der Waals surface area (Å²) in [5, 5.41) is 19.8. The normalized spacial score (nSPS) is 14.9. The third-order valence-electron chi connectivity index (χ3n) is 5.58. The topological polar surface area (TPSA) is 124 Å². The number of aromatic nitrogens is 4. The van der Waals surface area contributed by atoms with Crippen molar-refractivity contribution in [1.29, 1.82) is 0 Å². The zero-order valence-electron chi connectivity index (χ0n) is 17.6. The van der Waals surface area contributed by atoms with E-state index < -0.39 is 0 Å². The van der Waals surface area contributed by atoms with Gasteiger partial charge in [0, 0.05) is 43.8 Å². The minimum absolute atomic E-state index is 0.133. The summed E-state index contributed by atoms with van der Waals surface area (Å²) in [6.45, 7) is 1.16. The van der Waals surface area contributed by atoms with Crippen molar-refractivity contribution in [2.24, 2.45) is 0 Å². The molecule has 3 aromatic rings. The predicted octanol–water partition coefficient (Wildman–Crippen LogP) is 3.20. The zero-order chi connectivity index (χ0) is 23.0. The van der Waals surface area contributed by atoms with Gasteiger partial charge in [0.1, 0.15) is 5.82 Å². The first-order valence-corrected chi connectivity index (χ1v) is 11.4. The van der Waals surface area contributed by atoms with Gasteiger partial charge in [-0.25, -0.2) is 9.97 Å². The standard InChI is InChI=1S/C20H23ClN6OS.CH2O2/c1-22-19-23-15(13-29-19)20(14-5-3-2-4-6-14)9-11-27(12-10-20)17(28)8-7-16-24-18(21)26-25-16;2-1-3/h2-6,13H,7-12H2,1H3,(H,22,23)(H,24,25,26);1H,(H,2,3). The molecule has 11 heteroatoms. The number of halogens is 1. The minimum atomic E-state index is -0.250. The van der Waals surface area contributed by atoms with Gasteiger partial charge >= 0.3 is 0 Å². The lowest BCUT2D eigenvalue weighted by Gasteiger charge is -2.41. The van der Waals surface area contributed by atoms with Gasteiger partial charge in [0.15, 0.2) is 5.13 Å². The lowest BCUT2D eigenvalue weighted by molar-refractivity contribution is -0.132. The highest BCUT2D eigenvalue weighted by molar-refractivity contribution is 7.13.